The minimum atomic E-state index is -0.353. The molecule has 1 aliphatic carbocycles. The minimum Gasteiger partial charge on any atom is -0.288 e. The monoisotopic (exact) mass is 279 g/mol. The number of aryl methyl sites for hydroxylation is 2. The SMILES string of the molecule is O=C1NC(=O)c2cc3nc4c(nc3cc21)CC/C=C/CC4. The van der Waals surface area contributed by atoms with E-state index >= 15 is 0 Å². The summed E-state index contributed by atoms with van der Waals surface area (Å²) in [5.41, 5.74) is 4.15. The normalized spacial score (nSPS) is 18.7. The number of carbonyl (C=O) groups excluding carboxylic acids is 2. The van der Waals surface area contributed by atoms with Gasteiger partial charge >= 0.3 is 0 Å². The van der Waals surface area contributed by atoms with E-state index < -0.39 is 0 Å². The van der Waals surface area contributed by atoms with Gasteiger partial charge in [-0.2, -0.15) is 0 Å². The molecule has 2 heterocycles. The Labute approximate surface area is 121 Å². The number of imide groups is 1. The third-order valence-corrected chi connectivity index (χ3v) is 3.94. The molecule has 0 unspecified atom stereocenters. The van der Waals surface area contributed by atoms with E-state index in [1.807, 2.05) is 0 Å². The number of hydrogen-bond donors (Lipinski definition) is 1. The Bertz CT molecular complexity index is 757. The average Bonchev–Trinajstić information content (AvgIpc) is 2.72. The molecule has 21 heavy (non-hydrogen) atoms. The van der Waals surface area contributed by atoms with Gasteiger partial charge in [0, 0.05) is 0 Å². The van der Waals surface area contributed by atoms with Crippen LogP contribution in [0.25, 0.3) is 11.0 Å². The number of fused-ring (bicyclic) bond motifs is 3. The van der Waals surface area contributed by atoms with Crippen LogP contribution in [0.2, 0.25) is 0 Å². The van der Waals surface area contributed by atoms with E-state index in [1.165, 1.54) is 0 Å². The van der Waals surface area contributed by atoms with Gasteiger partial charge in [-0.05, 0) is 37.8 Å². The number of hydrogen-bond acceptors (Lipinski definition) is 4. The molecule has 1 N–H and O–H groups in total. The number of nitrogens with one attached hydrogen (secondary N) is 1. The lowest BCUT2D eigenvalue weighted by Crippen LogP contribution is -2.19. The number of rotatable bonds is 0. The molecular weight excluding hydrogens is 266 g/mol. The molecule has 5 heteroatoms. The molecule has 1 aromatic heterocycles. The van der Waals surface area contributed by atoms with Crippen molar-refractivity contribution in [2.75, 3.05) is 0 Å². The first kappa shape index (κ1) is 12.2. The van der Waals surface area contributed by atoms with E-state index in [4.69, 9.17) is 0 Å². The molecule has 1 aliphatic heterocycles. The molecule has 2 aliphatic rings. The van der Waals surface area contributed by atoms with Crippen molar-refractivity contribution in [3.63, 3.8) is 0 Å². The number of aromatic nitrogens is 2. The zero-order chi connectivity index (χ0) is 14.4. The fourth-order valence-corrected chi connectivity index (χ4v) is 2.87. The zero-order valence-electron chi connectivity index (χ0n) is 11.3. The second-order valence-corrected chi connectivity index (χ2v) is 5.34. The number of nitrogens with zero attached hydrogens (tertiary/aromatic N) is 2. The second-order valence-electron chi connectivity index (χ2n) is 5.34. The lowest BCUT2D eigenvalue weighted by molar-refractivity contribution is 0.0879. The Hall–Kier alpha value is -2.56. The molecule has 2 amide bonds. The van der Waals surface area contributed by atoms with Gasteiger partial charge in [0.25, 0.3) is 11.8 Å². The van der Waals surface area contributed by atoms with Gasteiger partial charge in [-0.15, -0.1) is 0 Å². The molecule has 0 fully saturated rings. The van der Waals surface area contributed by atoms with Gasteiger partial charge < -0.3 is 0 Å². The molecule has 2 aromatic rings. The summed E-state index contributed by atoms with van der Waals surface area (Å²) >= 11 is 0. The van der Waals surface area contributed by atoms with E-state index in [0.29, 0.717) is 22.2 Å². The van der Waals surface area contributed by atoms with Gasteiger partial charge in [0.2, 0.25) is 0 Å². The van der Waals surface area contributed by atoms with Crippen LogP contribution in [0.5, 0.6) is 0 Å². The van der Waals surface area contributed by atoms with Crippen LogP contribution in [-0.2, 0) is 12.8 Å². The zero-order valence-corrected chi connectivity index (χ0v) is 11.3. The Balaban J connectivity index is 1.92. The summed E-state index contributed by atoms with van der Waals surface area (Å²) in [6.45, 7) is 0. The second kappa shape index (κ2) is 4.48. The predicted molar refractivity (Wildman–Crippen MR) is 77.1 cm³/mol. The van der Waals surface area contributed by atoms with E-state index in [-0.39, 0.29) is 11.8 Å². The lowest BCUT2D eigenvalue weighted by Gasteiger charge is -2.11. The molecule has 0 spiro atoms. The molecule has 104 valence electrons. The highest BCUT2D eigenvalue weighted by Gasteiger charge is 2.27. The van der Waals surface area contributed by atoms with Crippen molar-refractivity contribution in [3.05, 3.63) is 46.8 Å². The topological polar surface area (TPSA) is 72.0 Å². The molecule has 5 nitrogen and oxygen atoms in total. The van der Waals surface area contributed by atoms with Crippen molar-refractivity contribution in [1.29, 1.82) is 0 Å². The molecular formula is C16H13N3O2. The van der Waals surface area contributed by atoms with E-state index in [2.05, 4.69) is 27.4 Å². The Kier molecular flexibility index (Phi) is 2.60. The standard InChI is InChI=1S/C16H13N3O2/c20-15-9-7-13-14(8-10(9)16(21)19-15)18-12-6-4-2-1-3-5-11(12)17-13/h1-2,7-8H,3-6H2,(H,19,20,21)/b2-1+. The van der Waals surface area contributed by atoms with Gasteiger partial charge in [-0.25, -0.2) is 9.97 Å². The fraction of sp³-hybridized carbons (Fsp3) is 0.250. The van der Waals surface area contributed by atoms with Gasteiger partial charge in [-0.3, -0.25) is 14.9 Å². The smallest absolute Gasteiger partial charge is 0.259 e. The van der Waals surface area contributed by atoms with Gasteiger partial charge in [0.15, 0.2) is 0 Å². The average molecular weight is 279 g/mol. The van der Waals surface area contributed by atoms with Crippen LogP contribution < -0.4 is 5.32 Å². The van der Waals surface area contributed by atoms with Crippen LogP contribution in [0.3, 0.4) is 0 Å². The Morgan fingerprint density at radius 2 is 1.29 bits per heavy atom. The lowest BCUT2D eigenvalue weighted by atomic mass is 10.0. The maximum absolute atomic E-state index is 11.7. The molecule has 0 saturated carbocycles. The number of amides is 2. The molecule has 0 bridgehead atoms. The Morgan fingerprint density at radius 1 is 0.810 bits per heavy atom. The first-order chi connectivity index (χ1) is 10.2. The molecule has 0 radical (unpaired) electrons. The molecule has 0 saturated heterocycles. The molecule has 0 atom stereocenters. The van der Waals surface area contributed by atoms with Crippen molar-refractivity contribution >= 4 is 22.8 Å². The highest BCUT2D eigenvalue weighted by Crippen LogP contribution is 2.24. The Morgan fingerprint density at radius 3 is 1.76 bits per heavy atom. The van der Waals surface area contributed by atoms with Crippen LogP contribution >= 0.6 is 0 Å². The summed E-state index contributed by atoms with van der Waals surface area (Å²) in [4.78, 5) is 32.8. The van der Waals surface area contributed by atoms with Gasteiger partial charge in [-0.1, -0.05) is 12.2 Å². The third kappa shape index (κ3) is 1.93. The van der Waals surface area contributed by atoms with Gasteiger partial charge in [0.1, 0.15) is 0 Å². The van der Waals surface area contributed by atoms with Crippen LogP contribution in [0.15, 0.2) is 24.3 Å². The van der Waals surface area contributed by atoms with Crippen molar-refractivity contribution in [2.45, 2.75) is 25.7 Å². The van der Waals surface area contributed by atoms with Crippen molar-refractivity contribution in [2.24, 2.45) is 0 Å². The highest BCUT2D eigenvalue weighted by atomic mass is 16.2. The summed E-state index contributed by atoms with van der Waals surface area (Å²) < 4.78 is 0. The van der Waals surface area contributed by atoms with Crippen molar-refractivity contribution < 1.29 is 9.59 Å². The van der Waals surface area contributed by atoms with E-state index in [9.17, 15) is 9.59 Å². The highest BCUT2D eigenvalue weighted by molar-refractivity contribution is 6.22. The summed E-state index contributed by atoms with van der Waals surface area (Å²) in [5, 5.41) is 2.30. The number of benzene rings is 1. The maximum atomic E-state index is 11.7. The number of allylic oxidation sites excluding steroid dienone is 2. The van der Waals surface area contributed by atoms with Crippen LogP contribution in [0.1, 0.15) is 44.9 Å². The largest absolute Gasteiger partial charge is 0.288 e. The van der Waals surface area contributed by atoms with E-state index in [0.717, 1.165) is 37.1 Å². The predicted octanol–water partition coefficient (Wildman–Crippen LogP) is 1.95. The van der Waals surface area contributed by atoms with Crippen LogP contribution in [0, 0.1) is 0 Å². The molecule has 4 rings (SSSR count). The number of carbonyl (C=O) groups is 2. The quantitative estimate of drug-likeness (QED) is 0.591. The third-order valence-electron chi connectivity index (χ3n) is 3.94. The summed E-state index contributed by atoms with van der Waals surface area (Å²) in [6.07, 6.45) is 7.97. The summed E-state index contributed by atoms with van der Waals surface area (Å²) in [7, 11) is 0. The first-order valence-electron chi connectivity index (χ1n) is 7.06. The maximum Gasteiger partial charge on any atom is 0.259 e. The van der Waals surface area contributed by atoms with Crippen molar-refractivity contribution in [3.8, 4) is 0 Å². The molecule has 1 aromatic carbocycles. The van der Waals surface area contributed by atoms with Crippen molar-refractivity contribution in [1.82, 2.24) is 15.3 Å². The van der Waals surface area contributed by atoms with Crippen LogP contribution in [-0.4, -0.2) is 21.8 Å². The minimum absolute atomic E-state index is 0.353. The van der Waals surface area contributed by atoms with Gasteiger partial charge in [0.05, 0.1) is 33.5 Å². The van der Waals surface area contributed by atoms with Crippen LogP contribution in [0.4, 0.5) is 0 Å². The van der Waals surface area contributed by atoms with E-state index in [1.54, 1.807) is 12.1 Å². The first-order valence-corrected chi connectivity index (χ1v) is 7.06. The fourth-order valence-electron chi connectivity index (χ4n) is 2.87. The summed E-state index contributed by atoms with van der Waals surface area (Å²) in [5.74, 6) is -0.707. The summed E-state index contributed by atoms with van der Waals surface area (Å²) in [6, 6.07) is 3.35.